The minimum absolute atomic E-state index is 1.01. The number of hydrogen-bond acceptors (Lipinski definition) is 2. The Labute approximate surface area is 217 Å². The van der Waals surface area contributed by atoms with Gasteiger partial charge in [-0.25, -0.2) is 0 Å². The minimum atomic E-state index is 1.01. The molecule has 2 heterocycles. The highest BCUT2D eigenvalue weighted by Crippen LogP contribution is 2.39. The average molecular weight is 491 g/mol. The van der Waals surface area contributed by atoms with Crippen LogP contribution in [0.15, 0.2) is 108 Å². The first-order chi connectivity index (χ1) is 17.8. The van der Waals surface area contributed by atoms with Gasteiger partial charge in [0.2, 0.25) is 0 Å². The van der Waals surface area contributed by atoms with Crippen molar-refractivity contribution in [3.63, 3.8) is 0 Å². The zero-order valence-corrected chi connectivity index (χ0v) is 20.8. The Morgan fingerprint density at radius 2 is 0.833 bits per heavy atom. The summed E-state index contributed by atoms with van der Waals surface area (Å²) in [6, 6.07) is 34.0. The third kappa shape index (κ3) is 3.65. The van der Waals surface area contributed by atoms with Crippen LogP contribution >= 0.6 is 22.7 Å². The van der Waals surface area contributed by atoms with Gasteiger partial charge in [0.25, 0.3) is 0 Å². The van der Waals surface area contributed by atoms with Crippen molar-refractivity contribution >= 4 is 64.4 Å². The standard InChI is InChI=1S/C34H18S2/c1-3-7-23(8-4-1)11-13-27-29-19-25-15-17-36-34(25)22-32(29)28(14-12-24-9-5-2-6-10-24)30-20-26-16-18-35-33(26)21-31(27)30/h1-10,15-22H. The predicted octanol–water partition coefficient (Wildman–Crippen LogP) is 9.22. The molecule has 0 nitrogen and oxygen atoms in total. The van der Waals surface area contributed by atoms with Gasteiger partial charge in [0.15, 0.2) is 0 Å². The minimum Gasteiger partial charge on any atom is -0.144 e. The van der Waals surface area contributed by atoms with Crippen molar-refractivity contribution in [2.24, 2.45) is 0 Å². The predicted molar refractivity (Wildman–Crippen MR) is 157 cm³/mol. The van der Waals surface area contributed by atoms with Crippen LogP contribution in [0.2, 0.25) is 0 Å². The van der Waals surface area contributed by atoms with Crippen molar-refractivity contribution in [3.8, 4) is 23.7 Å². The maximum absolute atomic E-state index is 3.57. The van der Waals surface area contributed by atoms with Crippen molar-refractivity contribution in [1.82, 2.24) is 0 Å². The van der Waals surface area contributed by atoms with Gasteiger partial charge in [0.05, 0.1) is 0 Å². The van der Waals surface area contributed by atoms with Gasteiger partial charge in [-0.1, -0.05) is 60.1 Å². The summed E-state index contributed by atoms with van der Waals surface area (Å²) >= 11 is 3.54. The molecule has 0 atom stereocenters. The molecule has 0 saturated carbocycles. The summed E-state index contributed by atoms with van der Waals surface area (Å²) in [7, 11) is 0. The highest BCUT2D eigenvalue weighted by molar-refractivity contribution is 7.17. The fourth-order valence-electron chi connectivity index (χ4n) is 4.72. The molecular weight excluding hydrogens is 473 g/mol. The highest BCUT2D eigenvalue weighted by Gasteiger charge is 2.15. The van der Waals surface area contributed by atoms with E-state index < -0.39 is 0 Å². The Morgan fingerprint density at radius 1 is 0.417 bits per heavy atom. The van der Waals surface area contributed by atoms with E-state index in [4.69, 9.17) is 0 Å². The van der Waals surface area contributed by atoms with Gasteiger partial charge >= 0.3 is 0 Å². The first kappa shape index (κ1) is 21.0. The summed E-state index contributed by atoms with van der Waals surface area (Å²) in [4.78, 5) is 0. The van der Waals surface area contributed by atoms with Crippen LogP contribution in [0.4, 0.5) is 0 Å². The van der Waals surface area contributed by atoms with Crippen LogP contribution in [-0.4, -0.2) is 0 Å². The fourth-order valence-corrected chi connectivity index (χ4v) is 6.34. The van der Waals surface area contributed by atoms with Crippen molar-refractivity contribution in [2.75, 3.05) is 0 Å². The second-order valence-electron chi connectivity index (χ2n) is 8.69. The zero-order chi connectivity index (χ0) is 23.9. The number of rotatable bonds is 0. The lowest BCUT2D eigenvalue weighted by atomic mass is 9.90. The molecule has 0 bridgehead atoms. The monoisotopic (exact) mass is 490 g/mol. The van der Waals surface area contributed by atoms with Crippen LogP contribution in [-0.2, 0) is 0 Å². The first-order valence-electron chi connectivity index (χ1n) is 11.8. The molecule has 166 valence electrons. The maximum atomic E-state index is 3.57. The Balaban J connectivity index is 1.63. The van der Waals surface area contributed by atoms with E-state index >= 15 is 0 Å². The molecule has 0 amide bonds. The van der Waals surface area contributed by atoms with Gasteiger partial charge in [-0.15, -0.1) is 22.7 Å². The Kier molecular flexibility index (Phi) is 5.07. The van der Waals surface area contributed by atoms with Crippen LogP contribution in [0, 0.1) is 23.7 Å². The molecule has 5 aromatic carbocycles. The van der Waals surface area contributed by atoms with E-state index in [0.717, 1.165) is 43.8 Å². The molecule has 0 radical (unpaired) electrons. The molecule has 7 rings (SSSR count). The molecule has 36 heavy (non-hydrogen) atoms. The van der Waals surface area contributed by atoms with Crippen LogP contribution < -0.4 is 0 Å². The van der Waals surface area contributed by atoms with Gasteiger partial charge < -0.3 is 0 Å². The summed E-state index contributed by atoms with van der Waals surface area (Å²) in [5.41, 5.74) is 4.16. The smallest absolute Gasteiger partial charge is 0.0407 e. The number of benzene rings is 5. The van der Waals surface area contributed by atoms with E-state index in [1.807, 2.05) is 36.4 Å². The molecule has 0 aliphatic carbocycles. The van der Waals surface area contributed by atoms with E-state index in [1.165, 1.54) is 20.2 Å². The van der Waals surface area contributed by atoms with Gasteiger partial charge in [-0.2, -0.15) is 0 Å². The summed E-state index contributed by atoms with van der Waals surface area (Å²) < 4.78 is 2.53. The maximum Gasteiger partial charge on any atom is 0.0407 e. The van der Waals surface area contributed by atoms with Crippen LogP contribution in [0.1, 0.15) is 22.3 Å². The third-order valence-electron chi connectivity index (χ3n) is 6.47. The molecule has 0 aliphatic heterocycles. The summed E-state index contributed by atoms with van der Waals surface area (Å²) in [5.74, 6) is 14.0. The molecule has 2 heteroatoms. The molecule has 7 aromatic rings. The molecule has 0 saturated heterocycles. The quantitative estimate of drug-likeness (QED) is 0.147. The second kappa shape index (κ2) is 8.71. The molecule has 0 aliphatic rings. The van der Waals surface area contributed by atoms with Crippen molar-refractivity contribution < 1.29 is 0 Å². The van der Waals surface area contributed by atoms with Crippen LogP contribution in [0.25, 0.3) is 41.7 Å². The Bertz CT molecular complexity index is 1800. The summed E-state index contributed by atoms with van der Waals surface area (Å²) in [6.45, 7) is 0. The van der Waals surface area contributed by atoms with E-state index in [2.05, 4.69) is 95.1 Å². The largest absolute Gasteiger partial charge is 0.144 e. The Hall–Kier alpha value is -4.34. The van der Waals surface area contributed by atoms with Gasteiger partial charge in [-0.05, 0) is 93.0 Å². The van der Waals surface area contributed by atoms with Crippen molar-refractivity contribution in [3.05, 3.63) is 130 Å². The lowest BCUT2D eigenvalue weighted by Crippen LogP contribution is -1.91. The third-order valence-corrected chi connectivity index (χ3v) is 8.23. The number of fused-ring (bicyclic) bond motifs is 4. The topological polar surface area (TPSA) is 0 Å². The summed E-state index contributed by atoms with van der Waals surface area (Å²) in [6.07, 6.45) is 0. The van der Waals surface area contributed by atoms with Gasteiger partial charge in [-0.3, -0.25) is 0 Å². The zero-order valence-electron chi connectivity index (χ0n) is 19.2. The van der Waals surface area contributed by atoms with E-state index in [1.54, 1.807) is 22.7 Å². The molecule has 0 spiro atoms. The fraction of sp³-hybridized carbons (Fsp3) is 0. The number of thiophene rings is 2. The van der Waals surface area contributed by atoms with Gasteiger partial charge in [0, 0.05) is 42.4 Å². The SMILES string of the molecule is C(#Cc1c2cc3ccsc3cc2c(C#Cc2ccccc2)c2cc3ccsc3cc12)c1ccccc1. The van der Waals surface area contributed by atoms with E-state index in [9.17, 15) is 0 Å². The normalized spacial score (nSPS) is 10.9. The van der Waals surface area contributed by atoms with E-state index in [-0.39, 0.29) is 0 Å². The van der Waals surface area contributed by atoms with Crippen molar-refractivity contribution in [1.29, 1.82) is 0 Å². The Morgan fingerprint density at radius 3 is 1.28 bits per heavy atom. The lowest BCUT2D eigenvalue weighted by molar-refractivity contribution is 1.64. The van der Waals surface area contributed by atoms with Crippen molar-refractivity contribution in [2.45, 2.75) is 0 Å². The van der Waals surface area contributed by atoms with E-state index in [0.29, 0.717) is 0 Å². The number of hydrogen-bond donors (Lipinski definition) is 0. The lowest BCUT2D eigenvalue weighted by Gasteiger charge is -2.12. The van der Waals surface area contributed by atoms with Crippen LogP contribution in [0.3, 0.4) is 0 Å². The molecule has 2 aromatic heterocycles. The second-order valence-corrected chi connectivity index (χ2v) is 10.6. The molecule has 0 fully saturated rings. The highest BCUT2D eigenvalue weighted by atomic mass is 32.1. The summed E-state index contributed by atoms with van der Waals surface area (Å²) in [5, 5.41) is 11.4. The average Bonchev–Trinajstić information content (AvgIpc) is 3.58. The van der Waals surface area contributed by atoms with Crippen LogP contribution in [0.5, 0.6) is 0 Å². The molecular formula is C34H18S2. The first-order valence-corrected chi connectivity index (χ1v) is 13.5. The van der Waals surface area contributed by atoms with Gasteiger partial charge in [0.1, 0.15) is 0 Å². The molecule has 0 N–H and O–H groups in total. The molecule has 0 unspecified atom stereocenters.